The van der Waals surface area contributed by atoms with Crippen LogP contribution >= 0.6 is 0 Å². The van der Waals surface area contributed by atoms with Gasteiger partial charge in [0.15, 0.2) is 0 Å². The van der Waals surface area contributed by atoms with Crippen LogP contribution in [0.25, 0.3) is 0 Å². The Balaban J connectivity index is 0.000000878. The van der Waals surface area contributed by atoms with E-state index in [4.69, 9.17) is 14.6 Å². The molecule has 1 atom stereocenters. The summed E-state index contributed by atoms with van der Waals surface area (Å²) in [6, 6.07) is 3.65. The summed E-state index contributed by atoms with van der Waals surface area (Å²) in [5.41, 5.74) is 3.23. The largest absolute Gasteiger partial charge is 0.494 e. The maximum absolute atomic E-state index is 12.1. The summed E-state index contributed by atoms with van der Waals surface area (Å²) in [6.07, 6.45) is 5.24. The van der Waals surface area contributed by atoms with Crippen LogP contribution in [0.2, 0.25) is 0 Å². The second-order valence-corrected chi connectivity index (χ2v) is 6.30. The molecule has 2 amide bonds. The van der Waals surface area contributed by atoms with Crippen molar-refractivity contribution in [1.82, 2.24) is 9.78 Å². The number of methoxy groups -OCH3 is 1. The lowest BCUT2D eigenvalue weighted by Gasteiger charge is -2.26. The molecule has 1 aliphatic heterocycles. The monoisotopic (exact) mass is 388 g/mol. The summed E-state index contributed by atoms with van der Waals surface area (Å²) in [5.74, 6) is 0.310. The lowest BCUT2D eigenvalue weighted by Crippen LogP contribution is -2.24. The Hall–Kier alpha value is -3.36. The van der Waals surface area contributed by atoms with E-state index in [1.165, 1.54) is 0 Å². The van der Waals surface area contributed by atoms with E-state index in [0.717, 1.165) is 17.5 Å². The van der Waals surface area contributed by atoms with Gasteiger partial charge in [0.25, 0.3) is 6.47 Å². The van der Waals surface area contributed by atoms with Gasteiger partial charge in [0.1, 0.15) is 5.75 Å². The molecule has 1 unspecified atom stereocenters. The van der Waals surface area contributed by atoms with Gasteiger partial charge < -0.3 is 20.5 Å². The smallest absolute Gasteiger partial charge is 0.290 e. The first-order valence-corrected chi connectivity index (χ1v) is 8.81. The number of carbonyl (C=O) groups excluding carboxylic acids is 2. The zero-order valence-electron chi connectivity index (χ0n) is 16.1. The van der Waals surface area contributed by atoms with Crippen LogP contribution in [0.4, 0.5) is 11.4 Å². The average Bonchev–Trinajstić information content (AvgIpc) is 3.08. The molecule has 0 aliphatic carbocycles. The molecule has 2 heterocycles. The summed E-state index contributed by atoms with van der Waals surface area (Å²) in [7, 11) is 3.39. The van der Waals surface area contributed by atoms with Gasteiger partial charge in [0.05, 0.1) is 19.0 Å². The first-order chi connectivity index (χ1) is 13.4. The van der Waals surface area contributed by atoms with Gasteiger partial charge in [-0.25, -0.2) is 0 Å². The number of rotatable bonds is 5. The third-order valence-electron chi connectivity index (χ3n) is 4.29. The quantitative estimate of drug-likeness (QED) is 0.676. The van der Waals surface area contributed by atoms with Crippen molar-refractivity contribution in [3.8, 4) is 5.75 Å². The van der Waals surface area contributed by atoms with Crippen molar-refractivity contribution < 1.29 is 24.2 Å². The highest BCUT2D eigenvalue weighted by molar-refractivity contribution is 5.98. The number of ether oxygens (including phenoxy) is 1. The molecule has 0 radical (unpaired) electrons. The second kappa shape index (κ2) is 9.54. The minimum Gasteiger partial charge on any atom is -0.494 e. The molecule has 2 aromatic rings. The van der Waals surface area contributed by atoms with Crippen LogP contribution in [0.3, 0.4) is 0 Å². The Labute approximate surface area is 162 Å². The summed E-state index contributed by atoms with van der Waals surface area (Å²) >= 11 is 0. The first kappa shape index (κ1) is 20.9. The van der Waals surface area contributed by atoms with Crippen molar-refractivity contribution in [2.75, 3.05) is 17.7 Å². The van der Waals surface area contributed by atoms with Crippen LogP contribution in [0, 0.1) is 0 Å². The van der Waals surface area contributed by atoms with Crippen LogP contribution in [0.1, 0.15) is 43.2 Å². The number of hydrogen-bond acceptors (Lipinski definition) is 5. The fourth-order valence-electron chi connectivity index (χ4n) is 3.11. The predicted molar refractivity (Wildman–Crippen MR) is 104 cm³/mol. The SMILES string of the molecule is CCCC(=O)Nc1cc2c(cc1OC)NC(=O)CC2c1cnn(C)c1.O=CO. The molecule has 0 fully saturated rings. The normalized spacial score (nSPS) is 14.8. The molecular weight excluding hydrogens is 364 g/mol. The van der Waals surface area contributed by atoms with Gasteiger partial charge >= 0.3 is 0 Å². The Morgan fingerprint density at radius 1 is 1.50 bits per heavy atom. The fraction of sp³-hybridized carbons (Fsp3) is 0.368. The van der Waals surface area contributed by atoms with Crippen LogP contribution in [-0.2, 0) is 21.4 Å². The summed E-state index contributed by atoms with van der Waals surface area (Å²) in [4.78, 5) is 32.5. The molecule has 3 rings (SSSR count). The van der Waals surface area contributed by atoms with E-state index in [0.29, 0.717) is 30.0 Å². The van der Waals surface area contributed by atoms with Crippen molar-refractivity contribution >= 4 is 29.7 Å². The molecule has 150 valence electrons. The Kier molecular flexibility index (Phi) is 7.14. The van der Waals surface area contributed by atoms with Gasteiger partial charge in [-0.3, -0.25) is 19.1 Å². The third kappa shape index (κ3) is 4.87. The van der Waals surface area contributed by atoms with E-state index in [9.17, 15) is 9.59 Å². The molecule has 0 bridgehead atoms. The summed E-state index contributed by atoms with van der Waals surface area (Å²) in [5, 5.41) is 16.9. The highest BCUT2D eigenvalue weighted by Gasteiger charge is 2.29. The van der Waals surface area contributed by atoms with Crippen molar-refractivity contribution in [1.29, 1.82) is 0 Å². The maximum Gasteiger partial charge on any atom is 0.290 e. The third-order valence-corrected chi connectivity index (χ3v) is 4.29. The number of nitrogens with zero attached hydrogens (tertiary/aromatic N) is 2. The number of aromatic nitrogens is 2. The molecular formula is C19H24N4O5. The number of carboxylic acid groups (broad SMARTS) is 1. The predicted octanol–water partition coefficient (Wildman–Crippen LogP) is 2.34. The fourth-order valence-corrected chi connectivity index (χ4v) is 3.11. The minimum absolute atomic E-state index is 0.0498. The van der Waals surface area contributed by atoms with Crippen molar-refractivity contribution in [2.45, 2.75) is 32.1 Å². The summed E-state index contributed by atoms with van der Waals surface area (Å²) in [6.45, 7) is 1.71. The summed E-state index contributed by atoms with van der Waals surface area (Å²) < 4.78 is 7.11. The highest BCUT2D eigenvalue weighted by atomic mass is 16.5. The topological polar surface area (TPSA) is 123 Å². The first-order valence-electron chi connectivity index (χ1n) is 8.81. The van der Waals surface area contributed by atoms with Crippen molar-refractivity contribution in [2.24, 2.45) is 7.05 Å². The Bertz CT molecular complexity index is 862. The van der Waals surface area contributed by atoms with Crippen LogP contribution in [-0.4, -0.2) is 40.3 Å². The van der Waals surface area contributed by atoms with E-state index >= 15 is 0 Å². The van der Waals surface area contributed by atoms with Crippen LogP contribution < -0.4 is 15.4 Å². The molecule has 9 nitrogen and oxygen atoms in total. The Morgan fingerprint density at radius 3 is 2.79 bits per heavy atom. The minimum atomic E-state index is -0.250. The maximum atomic E-state index is 12.1. The van der Waals surface area contributed by atoms with Gasteiger partial charge in [-0.1, -0.05) is 6.92 Å². The molecule has 3 N–H and O–H groups in total. The number of carbonyl (C=O) groups is 3. The number of amides is 2. The molecule has 1 aliphatic rings. The van der Waals surface area contributed by atoms with Gasteiger partial charge in [-0.2, -0.15) is 5.10 Å². The van der Waals surface area contributed by atoms with Gasteiger partial charge in [0, 0.05) is 43.8 Å². The number of nitrogens with one attached hydrogen (secondary N) is 2. The molecule has 0 spiro atoms. The zero-order valence-corrected chi connectivity index (χ0v) is 16.1. The second-order valence-electron chi connectivity index (χ2n) is 6.30. The van der Waals surface area contributed by atoms with Crippen LogP contribution in [0.5, 0.6) is 5.75 Å². The van der Waals surface area contributed by atoms with Crippen LogP contribution in [0.15, 0.2) is 24.5 Å². The number of benzene rings is 1. The zero-order chi connectivity index (χ0) is 20.7. The van der Waals surface area contributed by atoms with Crippen molar-refractivity contribution in [3.63, 3.8) is 0 Å². The molecule has 9 heteroatoms. The Morgan fingerprint density at radius 2 is 2.21 bits per heavy atom. The van der Waals surface area contributed by atoms with E-state index in [2.05, 4.69) is 15.7 Å². The van der Waals surface area contributed by atoms with Gasteiger partial charge in [-0.15, -0.1) is 0 Å². The highest BCUT2D eigenvalue weighted by Crippen LogP contribution is 2.42. The van der Waals surface area contributed by atoms with Crippen molar-refractivity contribution in [3.05, 3.63) is 35.7 Å². The number of anilines is 2. The molecule has 28 heavy (non-hydrogen) atoms. The van der Waals surface area contributed by atoms with E-state index < -0.39 is 0 Å². The number of fused-ring (bicyclic) bond motifs is 1. The van der Waals surface area contributed by atoms with E-state index in [1.807, 2.05) is 26.2 Å². The lowest BCUT2D eigenvalue weighted by molar-refractivity contribution is -0.123. The molecule has 0 saturated carbocycles. The van der Waals surface area contributed by atoms with E-state index in [-0.39, 0.29) is 24.2 Å². The van der Waals surface area contributed by atoms with Gasteiger partial charge in [-0.05, 0) is 23.6 Å². The molecule has 1 aromatic carbocycles. The standard InChI is InChI=1S/C18H22N4O3.CH2O2/c1-4-5-17(23)21-15-6-13-12(11-9-19-22(2)10-11)7-18(24)20-14(13)8-16(15)25-3;2-1-3/h6,8-10,12H,4-5,7H2,1-3H3,(H,20,24)(H,21,23);1H,(H,2,3). The lowest BCUT2D eigenvalue weighted by atomic mass is 9.86. The molecule has 1 aromatic heterocycles. The number of aryl methyl sites for hydroxylation is 1. The number of hydrogen-bond donors (Lipinski definition) is 3. The van der Waals surface area contributed by atoms with Gasteiger partial charge in [0.2, 0.25) is 11.8 Å². The average molecular weight is 388 g/mol. The van der Waals surface area contributed by atoms with E-state index in [1.54, 1.807) is 24.1 Å². The molecule has 0 saturated heterocycles.